The summed E-state index contributed by atoms with van der Waals surface area (Å²) in [5.41, 5.74) is 8.07. The summed E-state index contributed by atoms with van der Waals surface area (Å²) in [7, 11) is 9.16. The molecular formula is C38H41N3O6. The number of likely N-dealkylation sites (N-methyl/N-ethyl adjacent to an activating group) is 2. The van der Waals surface area contributed by atoms with Crippen molar-refractivity contribution in [2.75, 3.05) is 48.5 Å². The van der Waals surface area contributed by atoms with Crippen LogP contribution in [0.1, 0.15) is 51.0 Å². The molecule has 0 spiro atoms. The molecular weight excluding hydrogens is 594 g/mol. The first kappa shape index (κ1) is 31.0. The fourth-order valence-electron chi connectivity index (χ4n) is 7.43. The Morgan fingerprint density at radius 3 is 2.17 bits per heavy atom. The quantitative estimate of drug-likeness (QED) is 0.210. The first-order chi connectivity index (χ1) is 22.8. The molecule has 4 aromatic carbocycles. The molecule has 0 fully saturated rings. The number of hydrogen-bond donors (Lipinski definition) is 0. The molecule has 0 amide bonds. The largest absolute Gasteiger partial charge is 0.493 e. The predicted molar refractivity (Wildman–Crippen MR) is 181 cm³/mol. The number of benzene rings is 4. The molecule has 0 saturated carbocycles. The number of nitroso groups, excluding NO2 is 1. The summed E-state index contributed by atoms with van der Waals surface area (Å²) in [4.78, 5) is 16.9. The van der Waals surface area contributed by atoms with Crippen LogP contribution < -0.4 is 23.7 Å². The van der Waals surface area contributed by atoms with E-state index in [-0.39, 0.29) is 12.1 Å². The minimum Gasteiger partial charge on any atom is -0.493 e. The molecule has 9 heteroatoms. The highest BCUT2D eigenvalue weighted by Crippen LogP contribution is 2.51. The molecule has 9 nitrogen and oxygen atoms in total. The molecule has 47 heavy (non-hydrogen) atoms. The van der Waals surface area contributed by atoms with Crippen LogP contribution in [0, 0.1) is 11.8 Å². The average Bonchev–Trinajstić information content (AvgIpc) is 3.08. The Balaban J connectivity index is 1.48. The summed E-state index contributed by atoms with van der Waals surface area (Å²) in [5, 5.41) is 3.42. The smallest absolute Gasteiger partial charge is 0.204 e. The van der Waals surface area contributed by atoms with Gasteiger partial charge in [-0.1, -0.05) is 18.2 Å². The van der Waals surface area contributed by atoms with Crippen molar-refractivity contribution in [1.82, 2.24) is 9.80 Å². The summed E-state index contributed by atoms with van der Waals surface area (Å²) in [6.45, 7) is 3.91. The van der Waals surface area contributed by atoms with Crippen LogP contribution in [0.15, 0.2) is 59.8 Å². The maximum Gasteiger partial charge on any atom is 0.204 e. The van der Waals surface area contributed by atoms with Gasteiger partial charge in [-0.25, -0.2) is 0 Å². The molecule has 2 atom stereocenters. The minimum atomic E-state index is -0.162. The zero-order valence-corrected chi connectivity index (χ0v) is 27.9. The Bertz CT molecular complexity index is 1840. The highest BCUT2D eigenvalue weighted by molar-refractivity contribution is 5.64. The highest BCUT2D eigenvalue weighted by Gasteiger charge is 2.35. The van der Waals surface area contributed by atoms with Crippen LogP contribution in [0.4, 0.5) is 5.69 Å². The van der Waals surface area contributed by atoms with E-state index in [1.54, 1.807) is 27.4 Å². The second-order valence-corrected chi connectivity index (χ2v) is 12.8. The van der Waals surface area contributed by atoms with Gasteiger partial charge in [0.25, 0.3) is 0 Å². The van der Waals surface area contributed by atoms with E-state index in [1.807, 2.05) is 18.2 Å². The third kappa shape index (κ3) is 5.57. The van der Waals surface area contributed by atoms with Crippen molar-refractivity contribution in [2.45, 2.75) is 44.7 Å². The van der Waals surface area contributed by atoms with Gasteiger partial charge in [0.1, 0.15) is 17.2 Å². The zero-order valence-electron chi connectivity index (χ0n) is 27.9. The molecule has 0 radical (unpaired) electrons. The predicted octanol–water partition coefficient (Wildman–Crippen LogP) is 7.86. The third-order valence-corrected chi connectivity index (χ3v) is 10.1. The maximum absolute atomic E-state index is 12.2. The van der Waals surface area contributed by atoms with Gasteiger partial charge in [0.15, 0.2) is 23.0 Å². The number of rotatable bonds is 4. The SMILES string of the molecule is COc1cc(N=O)c2cc1Oc1ccc(cc1)C[C@H]1c3cc(c(C)cc3CCN1C)Oc1c(OC)c(OC)cc3c1[C@H](C2)N(C)CC3. The van der Waals surface area contributed by atoms with Crippen LogP contribution in [-0.2, 0) is 25.7 Å². The zero-order chi connectivity index (χ0) is 32.8. The first-order valence-electron chi connectivity index (χ1n) is 16.1. The Morgan fingerprint density at radius 1 is 0.745 bits per heavy atom. The molecule has 0 aliphatic carbocycles. The lowest BCUT2D eigenvalue weighted by molar-refractivity contribution is 0.221. The van der Waals surface area contributed by atoms with Gasteiger partial charge in [-0.2, -0.15) is 0 Å². The normalized spacial score (nSPS) is 19.0. The lowest BCUT2D eigenvalue weighted by Crippen LogP contribution is -2.34. The fourth-order valence-corrected chi connectivity index (χ4v) is 7.43. The standard InChI is InChI=1S/C38H41N3O6/c1-22-15-24-11-13-40(2)30-16-23-7-9-27(10-8-23)46-34-19-26(29(39-42)21-33(34)43-4)17-31-36-25(12-14-41(31)3)18-35(44-5)37(45-6)38(36)47-32(22)20-28(24)30/h7-10,15,18-21,30-31H,11-14,16-17H2,1-6H3/t30-,31-/m0/s1. The van der Waals surface area contributed by atoms with Crippen LogP contribution in [0.3, 0.4) is 0 Å². The van der Waals surface area contributed by atoms with E-state index in [1.165, 1.54) is 16.7 Å². The summed E-state index contributed by atoms with van der Waals surface area (Å²) >= 11 is 0. The number of hydrogen-bond acceptors (Lipinski definition) is 9. The Morgan fingerprint density at radius 2 is 1.47 bits per heavy atom. The Kier molecular flexibility index (Phi) is 8.28. The molecule has 0 aromatic heterocycles. The van der Waals surface area contributed by atoms with Gasteiger partial charge in [0.05, 0.1) is 21.3 Å². The molecule has 244 valence electrons. The van der Waals surface area contributed by atoms with Gasteiger partial charge in [0, 0.05) is 36.8 Å². The van der Waals surface area contributed by atoms with Crippen molar-refractivity contribution in [3.63, 3.8) is 0 Å². The number of ether oxygens (including phenoxy) is 5. The Hall–Kier alpha value is -4.60. The summed E-state index contributed by atoms with van der Waals surface area (Å²) in [6, 6.07) is 18.3. The number of fused-ring (bicyclic) bond motifs is 2. The van der Waals surface area contributed by atoms with E-state index in [2.05, 4.69) is 66.3 Å². The van der Waals surface area contributed by atoms with Crippen LogP contribution in [-0.4, -0.2) is 58.3 Å². The maximum atomic E-state index is 12.2. The van der Waals surface area contributed by atoms with Crippen LogP contribution in [0.5, 0.6) is 40.2 Å². The first-order valence-corrected chi connectivity index (χ1v) is 16.1. The summed E-state index contributed by atoms with van der Waals surface area (Å²) in [5.74, 6) is 4.24. The van der Waals surface area contributed by atoms with E-state index < -0.39 is 0 Å². The van der Waals surface area contributed by atoms with Crippen molar-refractivity contribution >= 4 is 5.69 Å². The van der Waals surface area contributed by atoms with Crippen molar-refractivity contribution < 1.29 is 23.7 Å². The van der Waals surface area contributed by atoms with E-state index in [0.29, 0.717) is 46.6 Å². The second kappa shape index (κ2) is 12.5. The van der Waals surface area contributed by atoms with Gasteiger partial charge in [-0.15, -0.1) is 4.91 Å². The van der Waals surface area contributed by atoms with Crippen molar-refractivity contribution in [2.24, 2.45) is 5.18 Å². The van der Waals surface area contributed by atoms with Crippen molar-refractivity contribution in [3.8, 4) is 40.2 Å². The van der Waals surface area contributed by atoms with E-state index >= 15 is 0 Å². The van der Waals surface area contributed by atoms with Crippen LogP contribution in [0.2, 0.25) is 0 Å². The molecule has 8 rings (SSSR count). The van der Waals surface area contributed by atoms with E-state index in [4.69, 9.17) is 23.7 Å². The lowest BCUT2D eigenvalue weighted by Gasteiger charge is -2.37. The van der Waals surface area contributed by atoms with Gasteiger partial charge in [0.2, 0.25) is 5.75 Å². The molecule has 0 unspecified atom stereocenters. The highest BCUT2D eigenvalue weighted by atomic mass is 16.5. The van der Waals surface area contributed by atoms with Crippen molar-refractivity contribution in [3.05, 3.63) is 98.4 Å². The van der Waals surface area contributed by atoms with E-state index in [0.717, 1.165) is 60.4 Å². The molecule has 4 aromatic rings. The summed E-state index contributed by atoms with van der Waals surface area (Å²) in [6.07, 6.45) is 3.10. The lowest BCUT2D eigenvalue weighted by atomic mass is 9.86. The molecule has 0 N–H and O–H groups in total. The van der Waals surface area contributed by atoms with Gasteiger partial charge >= 0.3 is 0 Å². The molecule has 6 bridgehead atoms. The van der Waals surface area contributed by atoms with Crippen LogP contribution >= 0.6 is 0 Å². The monoisotopic (exact) mass is 635 g/mol. The molecule has 4 heterocycles. The van der Waals surface area contributed by atoms with Gasteiger partial charge in [-0.3, -0.25) is 9.80 Å². The van der Waals surface area contributed by atoms with Crippen molar-refractivity contribution in [1.29, 1.82) is 0 Å². The van der Waals surface area contributed by atoms with Gasteiger partial charge in [-0.05, 0) is 116 Å². The average molecular weight is 636 g/mol. The second-order valence-electron chi connectivity index (χ2n) is 12.8. The third-order valence-electron chi connectivity index (χ3n) is 10.1. The fraction of sp³-hybridized carbons (Fsp3) is 0.368. The topological polar surface area (TPSA) is 82.1 Å². The number of aryl methyl sites for hydroxylation is 1. The number of methoxy groups -OCH3 is 3. The van der Waals surface area contributed by atoms with E-state index in [9.17, 15) is 4.91 Å². The number of nitrogens with zero attached hydrogens (tertiary/aromatic N) is 3. The molecule has 4 aliphatic heterocycles. The molecule has 4 aliphatic rings. The Labute approximate surface area is 275 Å². The summed E-state index contributed by atoms with van der Waals surface area (Å²) < 4.78 is 31.0. The minimum absolute atomic E-state index is 0.162. The van der Waals surface area contributed by atoms with Gasteiger partial charge < -0.3 is 23.7 Å². The van der Waals surface area contributed by atoms with Crippen LogP contribution in [0.25, 0.3) is 0 Å². The molecule has 0 saturated heterocycles.